The Balaban J connectivity index is 2.27. The predicted octanol–water partition coefficient (Wildman–Crippen LogP) is 2.51. The van der Waals surface area contributed by atoms with Gasteiger partial charge in [-0.15, -0.1) is 0 Å². The van der Waals surface area contributed by atoms with Gasteiger partial charge in [-0.1, -0.05) is 17.7 Å². The molecule has 6 heteroatoms. The minimum atomic E-state index is -0.359. The topological polar surface area (TPSA) is 83.8 Å². The van der Waals surface area contributed by atoms with Crippen LogP contribution in [-0.2, 0) is 0 Å². The number of aromatic amines is 1. The molecule has 94 valence electrons. The number of anilines is 2. The SMILES string of the molecule is Cc1[nH]nc(C(=O)Nc2cccc(Cl)c2C)c1N. The van der Waals surface area contributed by atoms with Gasteiger partial charge in [-0.05, 0) is 31.5 Å². The number of amides is 1. The second kappa shape index (κ2) is 4.70. The van der Waals surface area contributed by atoms with Crippen LogP contribution in [0.5, 0.6) is 0 Å². The first-order valence-corrected chi connectivity index (χ1v) is 5.75. The molecular formula is C12H13ClN4O. The summed E-state index contributed by atoms with van der Waals surface area (Å²) in [6.07, 6.45) is 0. The fourth-order valence-electron chi connectivity index (χ4n) is 1.54. The quantitative estimate of drug-likeness (QED) is 0.779. The summed E-state index contributed by atoms with van der Waals surface area (Å²) in [7, 11) is 0. The molecule has 0 saturated carbocycles. The zero-order valence-electron chi connectivity index (χ0n) is 10.0. The Kier molecular flexibility index (Phi) is 3.25. The van der Waals surface area contributed by atoms with Gasteiger partial charge in [0.15, 0.2) is 5.69 Å². The molecule has 1 aromatic heterocycles. The van der Waals surface area contributed by atoms with Crippen molar-refractivity contribution in [2.24, 2.45) is 0 Å². The number of aromatic nitrogens is 2. The highest BCUT2D eigenvalue weighted by atomic mass is 35.5. The fourth-order valence-corrected chi connectivity index (χ4v) is 1.71. The number of H-pyrrole nitrogens is 1. The number of hydrogen-bond donors (Lipinski definition) is 3. The zero-order chi connectivity index (χ0) is 13.3. The van der Waals surface area contributed by atoms with Crippen LogP contribution in [0.3, 0.4) is 0 Å². The Bertz CT molecular complexity index is 606. The van der Waals surface area contributed by atoms with Crippen LogP contribution in [0.2, 0.25) is 5.02 Å². The van der Waals surface area contributed by atoms with Gasteiger partial charge in [0, 0.05) is 10.7 Å². The van der Waals surface area contributed by atoms with Crippen molar-refractivity contribution in [1.82, 2.24) is 10.2 Å². The van der Waals surface area contributed by atoms with E-state index in [0.29, 0.717) is 22.1 Å². The number of hydrogen-bond acceptors (Lipinski definition) is 3. The summed E-state index contributed by atoms with van der Waals surface area (Å²) < 4.78 is 0. The van der Waals surface area contributed by atoms with E-state index in [0.717, 1.165) is 5.56 Å². The van der Waals surface area contributed by atoms with Crippen molar-refractivity contribution in [3.8, 4) is 0 Å². The molecule has 0 unspecified atom stereocenters. The molecule has 2 rings (SSSR count). The van der Waals surface area contributed by atoms with E-state index in [-0.39, 0.29) is 11.6 Å². The summed E-state index contributed by atoms with van der Waals surface area (Å²) in [6, 6.07) is 5.30. The number of carbonyl (C=O) groups excluding carboxylic acids is 1. The summed E-state index contributed by atoms with van der Waals surface area (Å²) in [5.41, 5.74) is 8.40. The second-order valence-electron chi connectivity index (χ2n) is 3.98. The van der Waals surface area contributed by atoms with Crippen LogP contribution >= 0.6 is 11.6 Å². The molecular weight excluding hydrogens is 252 g/mol. The van der Waals surface area contributed by atoms with E-state index in [1.54, 1.807) is 25.1 Å². The Morgan fingerprint density at radius 1 is 1.44 bits per heavy atom. The standard InChI is InChI=1S/C12H13ClN4O/c1-6-8(13)4-3-5-9(6)15-12(18)11-10(14)7(2)16-17-11/h3-5H,14H2,1-2H3,(H,15,18)(H,16,17). The van der Waals surface area contributed by atoms with Crippen LogP contribution in [0.25, 0.3) is 0 Å². The number of nitrogens with two attached hydrogens (primary N) is 1. The Labute approximate surface area is 109 Å². The second-order valence-corrected chi connectivity index (χ2v) is 4.38. The first-order valence-electron chi connectivity index (χ1n) is 5.37. The number of halogens is 1. The molecule has 1 heterocycles. The van der Waals surface area contributed by atoms with Gasteiger partial charge in [0.1, 0.15) is 0 Å². The fraction of sp³-hybridized carbons (Fsp3) is 0.167. The summed E-state index contributed by atoms with van der Waals surface area (Å²) in [5, 5.41) is 9.87. The molecule has 0 aliphatic carbocycles. The average Bonchev–Trinajstić information content (AvgIpc) is 2.66. The van der Waals surface area contributed by atoms with Gasteiger partial charge in [0.25, 0.3) is 5.91 Å². The highest BCUT2D eigenvalue weighted by Crippen LogP contribution is 2.24. The molecule has 2 aromatic rings. The van der Waals surface area contributed by atoms with Crippen LogP contribution < -0.4 is 11.1 Å². The monoisotopic (exact) mass is 264 g/mol. The maximum Gasteiger partial charge on any atom is 0.278 e. The Morgan fingerprint density at radius 3 is 2.78 bits per heavy atom. The zero-order valence-corrected chi connectivity index (χ0v) is 10.8. The van der Waals surface area contributed by atoms with Crippen LogP contribution in [0.15, 0.2) is 18.2 Å². The summed E-state index contributed by atoms with van der Waals surface area (Å²) in [5.74, 6) is -0.359. The minimum absolute atomic E-state index is 0.187. The van der Waals surface area contributed by atoms with Crippen molar-refractivity contribution in [3.05, 3.63) is 40.2 Å². The number of carbonyl (C=O) groups is 1. The first kappa shape index (κ1) is 12.4. The summed E-state index contributed by atoms with van der Waals surface area (Å²) in [4.78, 5) is 12.0. The van der Waals surface area contributed by atoms with Crippen LogP contribution in [0.1, 0.15) is 21.7 Å². The van der Waals surface area contributed by atoms with Crippen LogP contribution in [0.4, 0.5) is 11.4 Å². The number of nitrogens with one attached hydrogen (secondary N) is 2. The lowest BCUT2D eigenvalue weighted by Crippen LogP contribution is -2.15. The van der Waals surface area contributed by atoms with E-state index < -0.39 is 0 Å². The van der Waals surface area contributed by atoms with Crippen molar-refractivity contribution in [2.45, 2.75) is 13.8 Å². The van der Waals surface area contributed by atoms with E-state index in [2.05, 4.69) is 15.5 Å². The molecule has 0 radical (unpaired) electrons. The van der Waals surface area contributed by atoms with Crippen LogP contribution in [0, 0.1) is 13.8 Å². The Morgan fingerprint density at radius 2 is 2.17 bits per heavy atom. The van der Waals surface area contributed by atoms with Gasteiger partial charge in [-0.3, -0.25) is 9.89 Å². The Hall–Kier alpha value is -2.01. The van der Waals surface area contributed by atoms with E-state index in [9.17, 15) is 4.79 Å². The molecule has 0 aliphatic heterocycles. The van der Waals surface area contributed by atoms with Crippen molar-refractivity contribution < 1.29 is 4.79 Å². The molecule has 4 N–H and O–H groups in total. The lowest BCUT2D eigenvalue weighted by atomic mass is 10.2. The highest BCUT2D eigenvalue weighted by Gasteiger charge is 2.16. The smallest absolute Gasteiger partial charge is 0.278 e. The first-order chi connectivity index (χ1) is 8.50. The molecule has 18 heavy (non-hydrogen) atoms. The third-order valence-electron chi connectivity index (χ3n) is 2.73. The van der Waals surface area contributed by atoms with Gasteiger partial charge >= 0.3 is 0 Å². The van der Waals surface area contributed by atoms with E-state index in [1.165, 1.54) is 0 Å². The van der Waals surface area contributed by atoms with Crippen LogP contribution in [-0.4, -0.2) is 16.1 Å². The molecule has 0 atom stereocenters. The van der Waals surface area contributed by atoms with Crippen molar-refractivity contribution >= 4 is 28.9 Å². The normalized spacial score (nSPS) is 10.4. The molecule has 5 nitrogen and oxygen atoms in total. The van der Waals surface area contributed by atoms with Crippen molar-refractivity contribution in [1.29, 1.82) is 0 Å². The molecule has 0 aliphatic rings. The minimum Gasteiger partial charge on any atom is -0.395 e. The maximum absolute atomic E-state index is 12.0. The predicted molar refractivity (Wildman–Crippen MR) is 71.9 cm³/mol. The summed E-state index contributed by atoms with van der Waals surface area (Å²) >= 11 is 5.98. The van der Waals surface area contributed by atoms with Gasteiger partial charge < -0.3 is 11.1 Å². The molecule has 0 saturated heterocycles. The van der Waals surface area contributed by atoms with Gasteiger partial charge in [0.05, 0.1) is 11.4 Å². The van der Waals surface area contributed by atoms with Gasteiger partial charge in [-0.2, -0.15) is 5.10 Å². The molecule has 0 spiro atoms. The van der Waals surface area contributed by atoms with E-state index in [1.807, 2.05) is 6.92 Å². The molecule has 0 fully saturated rings. The molecule has 1 amide bonds. The van der Waals surface area contributed by atoms with Gasteiger partial charge in [0.2, 0.25) is 0 Å². The van der Waals surface area contributed by atoms with Gasteiger partial charge in [-0.25, -0.2) is 0 Å². The average molecular weight is 265 g/mol. The third-order valence-corrected chi connectivity index (χ3v) is 3.13. The molecule has 1 aromatic carbocycles. The van der Waals surface area contributed by atoms with Crippen molar-refractivity contribution in [2.75, 3.05) is 11.1 Å². The number of benzene rings is 1. The number of nitrogen functional groups attached to an aromatic ring is 1. The van der Waals surface area contributed by atoms with Crippen molar-refractivity contribution in [3.63, 3.8) is 0 Å². The number of aryl methyl sites for hydroxylation is 1. The maximum atomic E-state index is 12.0. The largest absolute Gasteiger partial charge is 0.395 e. The lowest BCUT2D eigenvalue weighted by molar-refractivity contribution is 0.102. The highest BCUT2D eigenvalue weighted by molar-refractivity contribution is 6.31. The summed E-state index contributed by atoms with van der Waals surface area (Å²) in [6.45, 7) is 3.58. The molecule has 0 bridgehead atoms. The third kappa shape index (κ3) is 2.17. The van der Waals surface area contributed by atoms with E-state index in [4.69, 9.17) is 17.3 Å². The lowest BCUT2D eigenvalue weighted by Gasteiger charge is -2.08. The number of nitrogens with zero attached hydrogens (tertiary/aromatic N) is 1. The number of rotatable bonds is 2. The van der Waals surface area contributed by atoms with E-state index >= 15 is 0 Å².